The van der Waals surface area contributed by atoms with Gasteiger partial charge in [-0.2, -0.15) is 0 Å². The smallest absolute Gasteiger partial charge is 0.232 e. The van der Waals surface area contributed by atoms with Gasteiger partial charge in [0.25, 0.3) is 0 Å². The van der Waals surface area contributed by atoms with Crippen LogP contribution in [0.25, 0.3) is 10.8 Å². The second kappa shape index (κ2) is 10.9. The SMILES string of the molecule is COc1ccccc1N(CCCC(=O)NCCOc1cccc2ccccc12)S(C)(=O)=O. The molecule has 0 saturated carbocycles. The van der Waals surface area contributed by atoms with Crippen molar-refractivity contribution in [2.45, 2.75) is 12.8 Å². The quantitative estimate of drug-likeness (QED) is 0.446. The second-order valence-electron chi connectivity index (χ2n) is 7.29. The molecule has 3 rings (SSSR count). The maximum Gasteiger partial charge on any atom is 0.232 e. The van der Waals surface area contributed by atoms with Gasteiger partial charge in [-0.15, -0.1) is 0 Å². The van der Waals surface area contributed by atoms with E-state index >= 15 is 0 Å². The molecular weight excluding hydrogens is 428 g/mol. The molecule has 0 fully saturated rings. The fourth-order valence-corrected chi connectivity index (χ4v) is 4.41. The normalized spacial score (nSPS) is 11.2. The van der Waals surface area contributed by atoms with Gasteiger partial charge < -0.3 is 14.8 Å². The number of amides is 1. The Hall–Kier alpha value is -3.26. The van der Waals surface area contributed by atoms with Crippen LogP contribution >= 0.6 is 0 Å². The molecule has 0 unspecified atom stereocenters. The molecule has 7 nitrogen and oxygen atoms in total. The maximum absolute atomic E-state index is 12.3. The third kappa shape index (κ3) is 6.13. The lowest BCUT2D eigenvalue weighted by Crippen LogP contribution is -2.33. The van der Waals surface area contributed by atoms with Crippen LogP contribution in [0.2, 0.25) is 0 Å². The minimum absolute atomic E-state index is 0.153. The van der Waals surface area contributed by atoms with Gasteiger partial charge in [-0.1, -0.05) is 48.5 Å². The summed E-state index contributed by atoms with van der Waals surface area (Å²) in [7, 11) is -2.02. The standard InChI is InChI=1S/C24H28N2O5S/c1-30-23-13-6-5-12-21(23)26(32(2,28)29)17-8-15-24(27)25-16-18-31-22-14-7-10-19-9-3-4-11-20(19)22/h3-7,9-14H,8,15-18H2,1-2H3,(H,25,27). The molecule has 0 aliphatic rings. The molecule has 0 aliphatic heterocycles. The number of fused-ring (bicyclic) bond motifs is 1. The minimum atomic E-state index is -3.52. The number of methoxy groups -OCH3 is 1. The lowest BCUT2D eigenvalue weighted by molar-refractivity contribution is -0.121. The van der Waals surface area contributed by atoms with E-state index in [9.17, 15) is 13.2 Å². The predicted octanol–water partition coefficient (Wildman–Crippen LogP) is 3.59. The van der Waals surface area contributed by atoms with Gasteiger partial charge >= 0.3 is 0 Å². The Morgan fingerprint density at radius 2 is 1.66 bits per heavy atom. The highest BCUT2D eigenvalue weighted by Gasteiger charge is 2.20. The van der Waals surface area contributed by atoms with E-state index in [0.717, 1.165) is 22.8 Å². The first-order valence-corrected chi connectivity index (χ1v) is 12.2. The molecule has 0 radical (unpaired) electrons. The van der Waals surface area contributed by atoms with Gasteiger partial charge in [0.05, 0.1) is 25.6 Å². The maximum atomic E-state index is 12.3. The lowest BCUT2D eigenvalue weighted by atomic mass is 10.1. The number of carbonyl (C=O) groups is 1. The fraction of sp³-hybridized carbons (Fsp3) is 0.292. The Morgan fingerprint density at radius 3 is 2.44 bits per heavy atom. The fourth-order valence-electron chi connectivity index (χ4n) is 3.45. The van der Waals surface area contributed by atoms with Gasteiger partial charge in [-0.25, -0.2) is 8.42 Å². The molecular formula is C24H28N2O5S. The highest BCUT2D eigenvalue weighted by molar-refractivity contribution is 7.92. The van der Waals surface area contributed by atoms with Crippen molar-refractivity contribution in [2.24, 2.45) is 0 Å². The van der Waals surface area contributed by atoms with Crippen molar-refractivity contribution in [3.63, 3.8) is 0 Å². The number of ether oxygens (including phenoxy) is 2. The molecule has 1 N–H and O–H groups in total. The van der Waals surface area contributed by atoms with Gasteiger partial charge in [0.15, 0.2) is 0 Å². The largest absolute Gasteiger partial charge is 0.495 e. The summed E-state index contributed by atoms with van der Waals surface area (Å²) < 4.78 is 36.9. The number of hydrogen-bond acceptors (Lipinski definition) is 5. The van der Waals surface area contributed by atoms with E-state index in [0.29, 0.717) is 31.0 Å². The number of anilines is 1. The van der Waals surface area contributed by atoms with Crippen LogP contribution in [-0.4, -0.2) is 47.4 Å². The molecule has 170 valence electrons. The predicted molar refractivity (Wildman–Crippen MR) is 127 cm³/mol. The Balaban J connectivity index is 1.47. The van der Waals surface area contributed by atoms with Gasteiger partial charge in [-0.3, -0.25) is 9.10 Å². The second-order valence-corrected chi connectivity index (χ2v) is 9.19. The first-order chi connectivity index (χ1) is 15.4. The number of sulfonamides is 1. The molecule has 0 bridgehead atoms. The molecule has 3 aromatic carbocycles. The van der Waals surface area contributed by atoms with Crippen molar-refractivity contribution in [3.05, 3.63) is 66.7 Å². The summed E-state index contributed by atoms with van der Waals surface area (Å²) in [5.74, 6) is 1.09. The monoisotopic (exact) mass is 456 g/mol. The number of benzene rings is 3. The highest BCUT2D eigenvalue weighted by Crippen LogP contribution is 2.29. The van der Waals surface area contributed by atoms with Gasteiger partial charge in [-0.05, 0) is 30.0 Å². The Labute approximate surface area is 189 Å². The zero-order valence-corrected chi connectivity index (χ0v) is 19.1. The third-order valence-corrected chi connectivity index (χ3v) is 6.13. The highest BCUT2D eigenvalue weighted by atomic mass is 32.2. The van der Waals surface area contributed by atoms with Crippen molar-refractivity contribution in [2.75, 3.05) is 37.4 Å². The first kappa shape index (κ1) is 23.4. The van der Waals surface area contributed by atoms with E-state index in [1.54, 1.807) is 24.3 Å². The summed E-state index contributed by atoms with van der Waals surface area (Å²) >= 11 is 0. The zero-order valence-electron chi connectivity index (χ0n) is 18.3. The number of nitrogens with zero attached hydrogens (tertiary/aromatic N) is 1. The van der Waals surface area contributed by atoms with E-state index in [4.69, 9.17) is 9.47 Å². The Morgan fingerprint density at radius 1 is 0.969 bits per heavy atom. The lowest BCUT2D eigenvalue weighted by Gasteiger charge is -2.24. The van der Waals surface area contributed by atoms with Crippen LogP contribution in [-0.2, 0) is 14.8 Å². The van der Waals surface area contributed by atoms with Crippen LogP contribution in [0, 0.1) is 0 Å². The summed E-state index contributed by atoms with van der Waals surface area (Å²) in [6.07, 6.45) is 1.72. The molecule has 32 heavy (non-hydrogen) atoms. The van der Waals surface area contributed by atoms with Crippen LogP contribution < -0.4 is 19.1 Å². The molecule has 3 aromatic rings. The minimum Gasteiger partial charge on any atom is -0.495 e. The summed E-state index contributed by atoms with van der Waals surface area (Å²) in [6, 6.07) is 20.7. The van der Waals surface area contributed by atoms with E-state index in [2.05, 4.69) is 5.32 Å². The molecule has 1 amide bonds. The van der Waals surface area contributed by atoms with Crippen molar-refractivity contribution in [1.29, 1.82) is 0 Å². The Kier molecular flexibility index (Phi) is 7.94. The zero-order chi connectivity index (χ0) is 23.0. The summed E-state index contributed by atoms with van der Waals surface area (Å²) in [6.45, 7) is 0.889. The van der Waals surface area contributed by atoms with E-state index in [1.165, 1.54) is 11.4 Å². The molecule has 8 heteroatoms. The van der Waals surface area contributed by atoms with Crippen LogP contribution in [0.15, 0.2) is 66.7 Å². The number of hydrogen-bond donors (Lipinski definition) is 1. The van der Waals surface area contributed by atoms with Crippen LogP contribution in [0.4, 0.5) is 5.69 Å². The molecule has 0 spiro atoms. The topological polar surface area (TPSA) is 84.9 Å². The van der Waals surface area contributed by atoms with Crippen molar-refractivity contribution in [3.8, 4) is 11.5 Å². The van der Waals surface area contributed by atoms with Gasteiger partial charge in [0.2, 0.25) is 15.9 Å². The molecule has 0 aromatic heterocycles. The third-order valence-electron chi connectivity index (χ3n) is 4.95. The average Bonchev–Trinajstić information content (AvgIpc) is 2.79. The Bertz CT molecular complexity index is 1160. The number of nitrogens with one attached hydrogen (secondary N) is 1. The summed E-state index contributed by atoms with van der Waals surface area (Å²) in [5, 5.41) is 4.94. The summed E-state index contributed by atoms with van der Waals surface area (Å²) in [4.78, 5) is 12.2. The molecule has 0 aliphatic carbocycles. The van der Waals surface area contributed by atoms with Crippen LogP contribution in [0.3, 0.4) is 0 Å². The van der Waals surface area contributed by atoms with Gasteiger partial charge in [0, 0.05) is 18.4 Å². The first-order valence-electron chi connectivity index (χ1n) is 10.4. The molecule has 0 heterocycles. The summed E-state index contributed by atoms with van der Waals surface area (Å²) in [5.41, 5.74) is 0.460. The number of para-hydroxylation sites is 2. The molecule has 0 atom stereocenters. The molecule has 0 saturated heterocycles. The van der Waals surface area contributed by atoms with E-state index < -0.39 is 10.0 Å². The van der Waals surface area contributed by atoms with Crippen LogP contribution in [0.5, 0.6) is 11.5 Å². The van der Waals surface area contributed by atoms with Crippen molar-refractivity contribution >= 4 is 32.4 Å². The average molecular weight is 457 g/mol. The van der Waals surface area contributed by atoms with E-state index in [-0.39, 0.29) is 18.9 Å². The van der Waals surface area contributed by atoms with Crippen molar-refractivity contribution in [1.82, 2.24) is 5.32 Å². The van der Waals surface area contributed by atoms with E-state index in [1.807, 2.05) is 42.5 Å². The van der Waals surface area contributed by atoms with Crippen molar-refractivity contribution < 1.29 is 22.7 Å². The van der Waals surface area contributed by atoms with Gasteiger partial charge in [0.1, 0.15) is 18.1 Å². The van der Waals surface area contributed by atoms with Crippen LogP contribution in [0.1, 0.15) is 12.8 Å². The number of rotatable bonds is 11. The number of carbonyl (C=O) groups excluding carboxylic acids is 1.